The molecule has 0 bridgehead atoms. The van der Waals surface area contributed by atoms with Crippen LogP contribution in [0.3, 0.4) is 0 Å². The summed E-state index contributed by atoms with van der Waals surface area (Å²) in [6, 6.07) is 5.76. The summed E-state index contributed by atoms with van der Waals surface area (Å²) in [5.41, 5.74) is 0.313. The molecular weight excluding hydrogens is 408 g/mol. The van der Waals surface area contributed by atoms with Gasteiger partial charge >= 0.3 is 6.03 Å². The molecule has 3 heterocycles. The van der Waals surface area contributed by atoms with Gasteiger partial charge in [0.1, 0.15) is 6.23 Å². The van der Waals surface area contributed by atoms with Crippen LogP contribution in [0, 0.1) is 11.8 Å². The number of hydrogen-bond acceptors (Lipinski definition) is 5. The molecule has 3 saturated heterocycles. The van der Waals surface area contributed by atoms with Crippen LogP contribution in [0.4, 0.5) is 4.79 Å². The average Bonchev–Trinajstić information content (AvgIpc) is 2.75. The average molecular weight is 437 g/mol. The van der Waals surface area contributed by atoms with Crippen LogP contribution in [0.25, 0.3) is 0 Å². The summed E-state index contributed by atoms with van der Waals surface area (Å²) in [6.45, 7) is 1.79. The van der Waals surface area contributed by atoms with Crippen molar-refractivity contribution >= 4 is 22.0 Å². The Kier molecular flexibility index (Phi) is 5.73. The van der Waals surface area contributed by atoms with Gasteiger partial charge in [-0.3, -0.25) is 4.79 Å². The second kappa shape index (κ2) is 8.16. The van der Waals surface area contributed by atoms with Crippen molar-refractivity contribution in [1.82, 2.24) is 15.1 Å². The molecule has 0 aliphatic carbocycles. The SMILES string of the molecule is CN1C(=O)N[C@@H](C2CCN(C(=O)c3cccc(S(N)(=O)=O)c3)CC2)[C@@H]2CCCO[C@@H]21. The van der Waals surface area contributed by atoms with Crippen LogP contribution in [0.1, 0.15) is 36.0 Å². The second-order valence-corrected chi connectivity index (χ2v) is 9.92. The van der Waals surface area contributed by atoms with Gasteiger partial charge in [-0.25, -0.2) is 18.4 Å². The summed E-state index contributed by atoms with van der Waals surface area (Å²) in [5, 5.41) is 8.34. The topological polar surface area (TPSA) is 122 Å². The molecule has 10 heteroatoms. The normalized spacial score (nSPS) is 28.1. The van der Waals surface area contributed by atoms with Gasteiger partial charge in [-0.1, -0.05) is 6.07 Å². The number of rotatable bonds is 3. The van der Waals surface area contributed by atoms with Crippen LogP contribution < -0.4 is 10.5 Å². The molecule has 0 aromatic heterocycles. The predicted octanol–water partition coefficient (Wildman–Crippen LogP) is 0.963. The van der Waals surface area contributed by atoms with Crippen molar-refractivity contribution in [2.45, 2.75) is 42.8 Å². The minimum Gasteiger partial charge on any atom is -0.358 e. The van der Waals surface area contributed by atoms with E-state index in [4.69, 9.17) is 9.88 Å². The first kappa shape index (κ1) is 21.1. The van der Waals surface area contributed by atoms with Gasteiger partial charge in [0, 0.05) is 44.3 Å². The highest BCUT2D eigenvalue weighted by Gasteiger charge is 2.46. The first-order valence-electron chi connectivity index (χ1n) is 10.3. The Morgan fingerprint density at radius 2 is 1.97 bits per heavy atom. The molecule has 0 unspecified atom stereocenters. The van der Waals surface area contributed by atoms with E-state index in [0.717, 1.165) is 25.7 Å². The molecule has 0 radical (unpaired) electrons. The summed E-state index contributed by atoms with van der Waals surface area (Å²) < 4.78 is 29.0. The number of nitrogens with one attached hydrogen (secondary N) is 1. The number of amides is 3. The summed E-state index contributed by atoms with van der Waals surface area (Å²) in [6.07, 6.45) is 3.37. The van der Waals surface area contributed by atoms with Crippen molar-refractivity contribution in [3.8, 4) is 0 Å². The third kappa shape index (κ3) is 4.03. The van der Waals surface area contributed by atoms with Crippen molar-refractivity contribution in [3.05, 3.63) is 29.8 Å². The molecule has 3 atom stereocenters. The van der Waals surface area contributed by atoms with Crippen molar-refractivity contribution in [2.75, 3.05) is 26.7 Å². The van der Waals surface area contributed by atoms with Crippen LogP contribution in [-0.4, -0.2) is 69.2 Å². The number of carbonyl (C=O) groups is 2. The second-order valence-electron chi connectivity index (χ2n) is 8.36. The fourth-order valence-corrected chi connectivity index (χ4v) is 5.49. The maximum absolute atomic E-state index is 12.9. The minimum absolute atomic E-state index is 0.0435. The number of sulfonamides is 1. The number of nitrogens with two attached hydrogens (primary N) is 1. The predicted molar refractivity (Wildman–Crippen MR) is 109 cm³/mol. The Balaban J connectivity index is 1.42. The fourth-order valence-electron chi connectivity index (χ4n) is 4.93. The minimum atomic E-state index is -3.86. The van der Waals surface area contributed by atoms with E-state index in [2.05, 4.69) is 5.32 Å². The monoisotopic (exact) mass is 436 g/mol. The van der Waals surface area contributed by atoms with Crippen molar-refractivity contribution in [1.29, 1.82) is 0 Å². The zero-order valence-electron chi connectivity index (χ0n) is 17.0. The maximum atomic E-state index is 12.9. The largest absolute Gasteiger partial charge is 0.358 e. The Morgan fingerprint density at radius 3 is 2.67 bits per heavy atom. The highest BCUT2D eigenvalue weighted by atomic mass is 32.2. The third-order valence-corrected chi connectivity index (χ3v) is 7.45. The standard InChI is InChI=1S/C20H28N4O5S/c1-23-19-16(6-3-11-29-19)17(22-20(23)26)13-7-9-24(10-8-13)18(25)14-4-2-5-15(12-14)30(21,27)28/h2,4-5,12-13,16-17,19H,3,6-11H2,1H3,(H,22,26)(H2,21,27,28)/t16-,17-,19-/m0/s1. The zero-order chi connectivity index (χ0) is 21.5. The van der Waals surface area contributed by atoms with E-state index < -0.39 is 10.0 Å². The van der Waals surface area contributed by atoms with Crippen LogP contribution in [-0.2, 0) is 14.8 Å². The molecule has 3 fully saturated rings. The van der Waals surface area contributed by atoms with Gasteiger partial charge in [0.25, 0.3) is 5.91 Å². The molecule has 1 aromatic rings. The Hall–Kier alpha value is -2.17. The highest BCUT2D eigenvalue weighted by Crippen LogP contribution is 2.36. The smallest absolute Gasteiger partial charge is 0.319 e. The summed E-state index contributed by atoms with van der Waals surface area (Å²) in [7, 11) is -2.09. The molecule has 3 N–H and O–H groups in total. The Morgan fingerprint density at radius 1 is 1.23 bits per heavy atom. The molecule has 0 spiro atoms. The fraction of sp³-hybridized carbons (Fsp3) is 0.600. The van der Waals surface area contributed by atoms with Crippen molar-refractivity contribution in [2.24, 2.45) is 17.0 Å². The number of nitrogens with zero attached hydrogens (tertiary/aromatic N) is 2. The third-order valence-electron chi connectivity index (χ3n) is 6.53. The molecule has 30 heavy (non-hydrogen) atoms. The molecule has 3 amide bonds. The molecule has 3 aliphatic rings. The molecule has 0 saturated carbocycles. The van der Waals surface area contributed by atoms with Crippen molar-refractivity contribution in [3.63, 3.8) is 0 Å². The molecule has 9 nitrogen and oxygen atoms in total. The van der Waals surface area contributed by atoms with E-state index in [9.17, 15) is 18.0 Å². The lowest BCUT2D eigenvalue weighted by Crippen LogP contribution is -2.65. The number of fused-ring (bicyclic) bond motifs is 1. The lowest BCUT2D eigenvalue weighted by molar-refractivity contribution is -0.123. The van der Waals surface area contributed by atoms with E-state index in [0.29, 0.717) is 25.3 Å². The molecule has 3 aliphatic heterocycles. The number of primary sulfonamides is 1. The van der Waals surface area contributed by atoms with E-state index in [1.54, 1.807) is 22.9 Å². The Labute approximate surface area is 176 Å². The maximum Gasteiger partial charge on any atom is 0.319 e. The van der Waals surface area contributed by atoms with Gasteiger partial charge in [-0.2, -0.15) is 0 Å². The number of benzene rings is 1. The molecule has 4 rings (SSSR count). The number of ether oxygens (including phenoxy) is 1. The lowest BCUT2D eigenvalue weighted by Gasteiger charge is -2.49. The summed E-state index contributed by atoms with van der Waals surface area (Å²) in [5.74, 6) is 0.321. The van der Waals surface area contributed by atoms with Gasteiger partial charge < -0.3 is 19.9 Å². The van der Waals surface area contributed by atoms with E-state index >= 15 is 0 Å². The van der Waals surface area contributed by atoms with Crippen LogP contribution >= 0.6 is 0 Å². The van der Waals surface area contributed by atoms with E-state index in [1.165, 1.54) is 18.2 Å². The number of likely N-dealkylation sites (tertiary alicyclic amines) is 1. The Bertz CT molecular complexity index is 929. The number of urea groups is 1. The highest BCUT2D eigenvalue weighted by molar-refractivity contribution is 7.89. The van der Waals surface area contributed by atoms with Crippen LogP contribution in [0.5, 0.6) is 0 Å². The van der Waals surface area contributed by atoms with Gasteiger partial charge in [0.05, 0.1) is 4.90 Å². The quantitative estimate of drug-likeness (QED) is 0.731. The van der Waals surface area contributed by atoms with Crippen molar-refractivity contribution < 1.29 is 22.7 Å². The van der Waals surface area contributed by atoms with Gasteiger partial charge in [-0.15, -0.1) is 0 Å². The summed E-state index contributed by atoms with van der Waals surface area (Å²) >= 11 is 0. The van der Waals surface area contributed by atoms with Gasteiger partial charge in [-0.05, 0) is 49.8 Å². The number of carbonyl (C=O) groups excluding carboxylic acids is 2. The zero-order valence-corrected chi connectivity index (χ0v) is 17.8. The number of piperidine rings is 1. The first-order chi connectivity index (χ1) is 14.3. The van der Waals surface area contributed by atoms with Gasteiger partial charge in [0.2, 0.25) is 10.0 Å². The summed E-state index contributed by atoms with van der Waals surface area (Å²) in [4.78, 5) is 28.6. The molecular formula is C20H28N4O5S. The van der Waals surface area contributed by atoms with E-state index in [-0.39, 0.29) is 40.9 Å². The first-order valence-corrected chi connectivity index (χ1v) is 11.9. The molecule has 1 aromatic carbocycles. The van der Waals surface area contributed by atoms with E-state index in [1.807, 2.05) is 0 Å². The van der Waals surface area contributed by atoms with Crippen LogP contribution in [0.15, 0.2) is 29.2 Å². The number of hydrogen-bond donors (Lipinski definition) is 2. The van der Waals surface area contributed by atoms with Crippen LogP contribution in [0.2, 0.25) is 0 Å². The lowest BCUT2D eigenvalue weighted by atomic mass is 9.77. The van der Waals surface area contributed by atoms with Gasteiger partial charge in [0.15, 0.2) is 0 Å². The molecule has 164 valence electrons.